The number of carboxylic acids is 1. The second-order valence-electron chi connectivity index (χ2n) is 4.28. The normalized spacial score (nSPS) is 17.9. The molecule has 0 aromatic heterocycles. The van der Waals surface area contributed by atoms with Gasteiger partial charge in [0.2, 0.25) is 0 Å². The van der Waals surface area contributed by atoms with Gasteiger partial charge in [-0.1, -0.05) is 25.0 Å². The van der Waals surface area contributed by atoms with Crippen molar-refractivity contribution in [3.63, 3.8) is 0 Å². The maximum absolute atomic E-state index is 11.4. The molecule has 0 bridgehead atoms. The summed E-state index contributed by atoms with van der Waals surface area (Å²) in [5.74, 6) is -0.741. The van der Waals surface area contributed by atoms with E-state index in [0.29, 0.717) is 18.4 Å². The zero-order valence-corrected chi connectivity index (χ0v) is 8.94. The standard InChI is InChI=1S/C13H13NO2/c14-9-10-3-5-11(6-4-10)13(12(15)16)7-1-2-8-13/h3-6H,1-2,7-8H2,(H,15,16). The van der Waals surface area contributed by atoms with E-state index in [9.17, 15) is 9.90 Å². The van der Waals surface area contributed by atoms with Crippen molar-refractivity contribution in [2.45, 2.75) is 31.1 Å². The van der Waals surface area contributed by atoms with Gasteiger partial charge in [-0.3, -0.25) is 4.79 Å². The van der Waals surface area contributed by atoms with E-state index in [2.05, 4.69) is 0 Å². The van der Waals surface area contributed by atoms with Crippen LogP contribution in [0.5, 0.6) is 0 Å². The van der Waals surface area contributed by atoms with Gasteiger partial charge in [0.15, 0.2) is 0 Å². The zero-order valence-electron chi connectivity index (χ0n) is 8.94. The van der Waals surface area contributed by atoms with E-state index in [0.717, 1.165) is 18.4 Å². The van der Waals surface area contributed by atoms with Gasteiger partial charge >= 0.3 is 5.97 Å². The molecule has 0 radical (unpaired) electrons. The average Bonchev–Trinajstić information content (AvgIpc) is 2.79. The largest absolute Gasteiger partial charge is 0.481 e. The van der Waals surface area contributed by atoms with E-state index in [1.807, 2.05) is 6.07 Å². The minimum absolute atomic E-state index is 0.572. The monoisotopic (exact) mass is 215 g/mol. The lowest BCUT2D eigenvalue weighted by atomic mass is 9.79. The summed E-state index contributed by atoms with van der Waals surface area (Å²) in [5, 5.41) is 18.1. The number of aliphatic carboxylic acids is 1. The molecule has 82 valence electrons. The van der Waals surface area contributed by atoms with Gasteiger partial charge in [-0.2, -0.15) is 5.26 Å². The molecule has 1 aromatic carbocycles. The predicted octanol–water partition coefficient (Wildman–Crippen LogP) is 2.45. The first-order valence-corrected chi connectivity index (χ1v) is 5.43. The highest BCUT2D eigenvalue weighted by Gasteiger charge is 2.42. The lowest BCUT2D eigenvalue weighted by Crippen LogP contribution is -2.32. The first kappa shape index (κ1) is 10.7. The van der Waals surface area contributed by atoms with Crippen molar-refractivity contribution >= 4 is 5.97 Å². The fourth-order valence-electron chi connectivity index (χ4n) is 2.47. The van der Waals surface area contributed by atoms with Crippen LogP contribution in [-0.4, -0.2) is 11.1 Å². The van der Waals surface area contributed by atoms with Crippen LogP contribution in [0.4, 0.5) is 0 Å². The first-order valence-electron chi connectivity index (χ1n) is 5.43. The minimum Gasteiger partial charge on any atom is -0.481 e. The Labute approximate surface area is 94.3 Å². The molecule has 1 fully saturated rings. The molecule has 3 heteroatoms. The van der Waals surface area contributed by atoms with Crippen molar-refractivity contribution in [3.05, 3.63) is 35.4 Å². The molecule has 1 saturated carbocycles. The lowest BCUT2D eigenvalue weighted by Gasteiger charge is -2.24. The second-order valence-corrected chi connectivity index (χ2v) is 4.28. The Hall–Kier alpha value is -1.82. The Bertz CT molecular complexity index is 436. The summed E-state index contributed by atoms with van der Waals surface area (Å²) in [6, 6.07) is 8.98. The molecule has 0 heterocycles. The van der Waals surface area contributed by atoms with Crippen molar-refractivity contribution < 1.29 is 9.90 Å². The van der Waals surface area contributed by atoms with Crippen molar-refractivity contribution in [3.8, 4) is 6.07 Å². The molecular formula is C13H13NO2. The smallest absolute Gasteiger partial charge is 0.314 e. The van der Waals surface area contributed by atoms with Crippen molar-refractivity contribution in [2.24, 2.45) is 0 Å². The van der Waals surface area contributed by atoms with E-state index in [-0.39, 0.29) is 0 Å². The molecule has 3 nitrogen and oxygen atoms in total. The quantitative estimate of drug-likeness (QED) is 0.824. The van der Waals surface area contributed by atoms with Crippen LogP contribution >= 0.6 is 0 Å². The van der Waals surface area contributed by atoms with Crippen molar-refractivity contribution in [1.82, 2.24) is 0 Å². The van der Waals surface area contributed by atoms with Crippen LogP contribution in [0.2, 0.25) is 0 Å². The summed E-state index contributed by atoms with van der Waals surface area (Å²) in [5.41, 5.74) is 0.687. The van der Waals surface area contributed by atoms with Gasteiger partial charge in [-0.15, -0.1) is 0 Å². The van der Waals surface area contributed by atoms with Crippen LogP contribution in [0.25, 0.3) is 0 Å². The molecule has 0 unspecified atom stereocenters. The highest BCUT2D eigenvalue weighted by molar-refractivity contribution is 5.81. The SMILES string of the molecule is N#Cc1ccc(C2(C(=O)O)CCCC2)cc1. The topological polar surface area (TPSA) is 61.1 Å². The predicted molar refractivity (Wildman–Crippen MR) is 58.9 cm³/mol. The Morgan fingerprint density at radius 3 is 2.25 bits per heavy atom. The molecule has 0 spiro atoms. The third-order valence-electron chi connectivity index (χ3n) is 3.43. The van der Waals surface area contributed by atoms with E-state index >= 15 is 0 Å². The van der Waals surface area contributed by atoms with Crippen LogP contribution in [0.15, 0.2) is 24.3 Å². The summed E-state index contributed by atoms with van der Waals surface area (Å²) < 4.78 is 0. The van der Waals surface area contributed by atoms with Crippen LogP contribution in [0, 0.1) is 11.3 Å². The van der Waals surface area contributed by atoms with Crippen LogP contribution in [-0.2, 0) is 10.2 Å². The molecule has 1 aliphatic carbocycles. The maximum Gasteiger partial charge on any atom is 0.314 e. The number of rotatable bonds is 2. The Balaban J connectivity index is 2.40. The number of nitriles is 1. The van der Waals surface area contributed by atoms with Crippen LogP contribution in [0.1, 0.15) is 36.8 Å². The summed E-state index contributed by atoms with van der Waals surface area (Å²) in [7, 11) is 0. The number of nitrogens with zero attached hydrogens (tertiary/aromatic N) is 1. The summed E-state index contributed by atoms with van der Waals surface area (Å²) in [6.07, 6.45) is 3.33. The number of carboxylic acid groups (broad SMARTS) is 1. The number of hydrogen-bond acceptors (Lipinski definition) is 2. The molecule has 0 amide bonds. The molecule has 1 aromatic rings. The van der Waals surface area contributed by atoms with Gasteiger partial charge in [-0.05, 0) is 30.5 Å². The molecular weight excluding hydrogens is 202 g/mol. The molecule has 0 saturated heterocycles. The number of carbonyl (C=O) groups is 1. The third kappa shape index (κ3) is 1.57. The van der Waals surface area contributed by atoms with E-state index in [4.69, 9.17) is 5.26 Å². The van der Waals surface area contributed by atoms with Crippen LogP contribution < -0.4 is 0 Å². The third-order valence-corrected chi connectivity index (χ3v) is 3.43. The van der Waals surface area contributed by atoms with Crippen molar-refractivity contribution in [2.75, 3.05) is 0 Å². The molecule has 1 aliphatic rings. The lowest BCUT2D eigenvalue weighted by molar-refractivity contribution is -0.143. The number of benzene rings is 1. The molecule has 1 N–H and O–H groups in total. The molecule has 16 heavy (non-hydrogen) atoms. The molecule has 0 atom stereocenters. The first-order chi connectivity index (χ1) is 7.69. The highest BCUT2D eigenvalue weighted by Crippen LogP contribution is 2.41. The zero-order chi connectivity index (χ0) is 11.6. The van der Waals surface area contributed by atoms with E-state index < -0.39 is 11.4 Å². The van der Waals surface area contributed by atoms with Gasteiger partial charge in [0.25, 0.3) is 0 Å². The summed E-state index contributed by atoms with van der Waals surface area (Å²) in [4.78, 5) is 11.4. The molecule has 0 aliphatic heterocycles. The fourth-order valence-corrected chi connectivity index (χ4v) is 2.47. The van der Waals surface area contributed by atoms with E-state index in [1.54, 1.807) is 24.3 Å². The fraction of sp³-hybridized carbons (Fsp3) is 0.385. The summed E-state index contributed by atoms with van der Waals surface area (Å²) in [6.45, 7) is 0. The highest BCUT2D eigenvalue weighted by atomic mass is 16.4. The van der Waals surface area contributed by atoms with Crippen LogP contribution in [0.3, 0.4) is 0 Å². The van der Waals surface area contributed by atoms with Gasteiger partial charge in [0.05, 0.1) is 17.0 Å². The Morgan fingerprint density at radius 2 is 1.81 bits per heavy atom. The number of hydrogen-bond donors (Lipinski definition) is 1. The van der Waals surface area contributed by atoms with Gasteiger partial charge in [0, 0.05) is 0 Å². The minimum atomic E-state index is -0.741. The van der Waals surface area contributed by atoms with Gasteiger partial charge in [0.1, 0.15) is 0 Å². The van der Waals surface area contributed by atoms with Crippen molar-refractivity contribution in [1.29, 1.82) is 5.26 Å². The van der Waals surface area contributed by atoms with Gasteiger partial charge in [-0.25, -0.2) is 0 Å². The molecule has 2 rings (SSSR count). The average molecular weight is 215 g/mol. The maximum atomic E-state index is 11.4. The van der Waals surface area contributed by atoms with Gasteiger partial charge < -0.3 is 5.11 Å². The Morgan fingerprint density at radius 1 is 1.25 bits per heavy atom. The van der Waals surface area contributed by atoms with E-state index in [1.165, 1.54) is 0 Å². The second kappa shape index (κ2) is 3.97. The Kier molecular flexibility index (Phi) is 2.66. The summed E-state index contributed by atoms with van der Waals surface area (Å²) >= 11 is 0.